The second kappa shape index (κ2) is 7.15. The van der Waals surface area contributed by atoms with Gasteiger partial charge in [-0.2, -0.15) is 0 Å². The largest absolute Gasteiger partial charge is 0.0845 e. The summed E-state index contributed by atoms with van der Waals surface area (Å²) in [4.78, 5) is 0. The SMILES string of the molecule is [C]1=C\C=C\CCCCCCCC/1. The Morgan fingerprint density at radius 3 is 2.50 bits per heavy atom. The van der Waals surface area contributed by atoms with Gasteiger partial charge in [-0.1, -0.05) is 43.9 Å². The van der Waals surface area contributed by atoms with Crippen LogP contribution in [0.5, 0.6) is 0 Å². The van der Waals surface area contributed by atoms with Gasteiger partial charge < -0.3 is 0 Å². The average molecular weight is 163 g/mol. The van der Waals surface area contributed by atoms with Crippen molar-refractivity contribution in [2.75, 3.05) is 0 Å². The van der Waals surface area contributed by atoms with E-state index >= 15 is 0 Å². The van der Waals surface area contributed by atoms with Crippen LogP contribution in [0.15, 0.2) is 18.2 Å². The monoisotopic (exact) mass is 163 g/mol. The first kappa shape index (κ1) is 9.57. The molecule has 0 aromatic carbocycles. The Balaban J connectivity index is 2.21. The first-order chi connectivity index (χ1) is 6.00. The Labute approximate surface area is 76.4 Å². The standard InChI is InChI=1S/C12H19/c1-2-4-6-8-10-12-11-9-7-5-3-1/h1-3H,4,6-12H2/b2-1+,5-3?. The Kier molecular flexibility index (Phi) is 5.70. The van der Waals surface area contributed by atoms with Gasteiger partial charge in [0.2, 0.25) is 0 Å². The average Bonchev–Trinajstić information content (AvgIpc) is 2.05. The van der Waals surface area contributed by atoms with E-state index in [9.17, 15) is 0 Å². The highest BCUT2D eigenvalue weighted by atomic mass is 14.0. The summed E-state index contributed by atoms with van der Waals surface area (Å²) in [7, 11) is 0. The summed E-state index contributed by atoms with van der Waals surface area (Å²) < 4.78 is 0. The van der Waals surface area contributed by atoms with Crippen LogP contribution in [0.3, 0.4) is 0 Å². The van der Waals surface area contributed by atoms with Crippen LogP contribution < -0.4 is 0 Å². The smallest absolute Gasteiger partial charge is 0.0276 e. The zero-order valence-corrected chi connectivity index (χ0v) is 7.89. The van der Waals surface area contributed by atoms with E-state index in [0.29, 0.717) is 0 Å². The zero-order chi connectivity index (χ0) is 8.49. The maximum Gasteiger partial charge on any atom is -0.0276 e. The number of hydrogen-bond donors (Lipinski definition) is 0. The van der Waals surface area contributed by atoms with Gasteiger partial charge in [-0.15, -0.1) is 0 Å². The topological polar surface area (TPSA) is 0 Å². The predicted molar refractivity (Wildman–Crippen MR) is 53.9 cm³/mol. The number of rotatable bonds is 0. The minimum atomic E-state index is 1.14. The molecule has 0 aliphatic heterocycles. The van der Waals surface area contributed by atoms with Gasteiger partial charge in [0.1, 0.15) is 0 Å². The molecule has 0 unspecified atom stereocenters. The van der Waals surface area contributed by atoms with Crippen molar-refractivity contribution in [3.63, 3.8) is 0 Å². The van der Waals surface area contributed by atoms with Crippen molar-refractivity contribution >= 4 is 0 Å². The van der Waals surface area contributed by atoms with Gasteiger partial charge >= 0.3 is 0 Å². The van der Waals surface area contributed by atoms with Gasteiger partial charge in [-0.05, 0) is 31.8 Å². The third kappa shape index (κ3) is 5.17. The van der Waals surface area contributed by atoms with Crippen LogP contribution >= 0.6 is 0 Å². The van der Waals surface area contributed by atoms with Crippen LogP contribution in [0.25, 0.3) is 0 Å². The van der Waals surface area contributed by atoms with Gasteiger partial charge in [0.25, 0.3) is 0 Å². The Bertz CT molecular complexity index is 124. The second-order valence-electron chi connectivity index (χ2n) is 3.46. The molecule has 12 heavy (non-hydrogen) atoms. The summed E-state index contributed by atoms with van der Waals surface area (Å²) in [5.74, 6) is 0. The third-order valence-corrected chi connectivity index (χ3v) is 2.29. The molecule has 1 rings (SSSR count). The lowest BCUT2D eigenvalue weighted by atomic mass is 10.1. The highest BCUT2D eigenvalue weighted by Crippen LogP contribution is 2.09. The molecule has 0 nitrogen and oxygen atoms in total. The predicted octanol–water partition coefficient (Wildman–Crippen LogP) is 4.04. The quantitative estimate of drug-likeness (QED) is 0.505. The highest BCUT2D eigenvalue weighted by Gasteiger charge is 1.90. The maximum absolute atomic E-state index is 3.29. The summed E-state index contributed by atoms with van der Waals surface area (Å²) in [6, 6.07) is 0. The Morgan fingerprint density at radius 1 is 0.833 bits per heavy atom. The van der Waals surface area contributed by atoms with E-state index in [0.717, 1.165) is 6.42 Å². The molecule has 0 aromatic heterocycles. The molecule has 0 atom stereocenters. The fourth-order valence-corrected chi connectivity index (χ4v) is 1.51. The summed E-state index contributed by atoms with van der Waals surface area (Å²) in [6.45, 7) is 0. The van der Waals surface area contributed by atoms with Crippen LogP contribution in [-0.2, 0) is 0 Å². The van der Waals surface area contributed by atoms with Crippen LogP contribution in [0.4, 0.5) is 0 Å². The molecule has 0 heterocycles. The van der Waals surface area contributed by atoms with Crippen molar-refractivity contribution in [3.05, 3.63) is 24.3 Å². The van der Waals surface area contributed by atoms with E-state index in [4.69, 9.17) is 0 Å². The molecular formula is C12H19. The van der Waals surface area contributed by atoms with E-state index in [1.165, 1.54) is 44.9 Å². The van der Waals surface area contributed by atoms with Crippen LogP contribution in [0, 0.1) is 6.08 Å². The van der Waals surface area contributed by atoms with E-state index in [-0.39, 0.29) is 0 Å². The van der Waals surface area contributed by atoms with Crippen molar-refractivity contribution in [2.24, 2.45) is 0 Å². The highest BCUT2D eigenvalue weighted by molar-refractivity contribution is 4.98. The molecule has 0 saturated heterocycles. The van der Waals surface area contributed by atoms with Crippen molar-refractivity contribution in [1.82, 2.24) is 0 Å². The van der Waals surface area contributed by atoms with E-state index in [1.807, 2.05) is 0 Å². The first-order valence-electron chi connectivity index (χ1n) is 5.22. The molecule has 0 bridgehead atoms. The van der Waals surface area contributed by atoms with Crippen LogP contribution in [-0.4, -0.2) is 0 Å². The third-order valence-electron chi connectivity index (χ3n) is 2.29. The van der Waals surface area contributed by atoms with Crippen molar-refractivity contribution in [1.29, 1.82) is 0 Å². The molecule has 0 aromatic rings. The molecule has 1 radical (unpaired) electrons. The minimum absolute atomic E-state index is 1.14. The Hall–Kier alpha value is -0.520. The lowest BCUT2D eigenvalue weighted by molar-refractivity contribution is 0.597. The lowest BCUT2D eigenvalue weighted by Gasteiger charge is -1.99. The number of allylic oxidation sites excluding steroid dienone is 4. The molecule has 0 fully saturated rings. The van der Waals surface area contributed by atoms with Gasteiger partial charge in [-0.25, -0.2) is 0 Å². The van der Waals surface area contributed by atoms with Crippen LogP contribution in [0.1, 0.15) is 51.4 Å². The zero-order valence-electron chi connectivity index (χ0n) is 7.89. The number of hydrogen-bond acceptors (Lipinski definition) is 0. The molecule has 67 valence electrons. The van der Waals surface area contributed by atoms with E-state index in [1.54, 1.807) is 0 Å². The summed E-state index contributed by atoms with van der Waals surface area (Å²) in [6.07, 6.45) is 20.5. The first-order valence-corrected chi connectivity index (χ1v) is 5.22. The van der Waals surface area contributed by atoms with Crippen molar-refractivity contribution in [2.45, 2.75) is 51.4 Å². The molecule has 1 aliphatic rings. The summed E-state index contributed by atoms with van der Waals surface area (Å²) >= 11 is 0. The van der Waals surface area contributed by atoms with Gasteiger partial charge in [0.15, 0.2) is 0 Å². The molecular weight excluding hydrogens is 144 g/mol. The summed E-state index contributed by atoms with van der Waals surface area (Å²) in [5, 5.41) is 0. The van der Waals surface area contributed by atoms with Gasteiger partial charge in [0, 0.05) is 0 Å². The summed E-state index contributed by atoms with van der Waals surface area (Å²) in [5.41, 5.74) is 0. The maximum atomic E-state index is 3.29. The van der Waals surface area contributed by atoms with Crippen LogP contribution in [0.2, 0.25) is 0 Å². The lowest BCUT2D eigenvalue weighted by Crippen LogP contribution is -1.80. The van der Waals surface area contributed by atoms with E-state index in [2.05, 4.69) is 24.3 Å². The molecule has 0 amide bonds. The normalized spacial score (nSPS) is 26.7. The van der Waals surface area contributed by atoms with E-state index < -0.39 is 0 Å². The fourth-order valence-electron chi connectivity index (χ4n) is 1.51. The molecule has 0 heteroatoms. The van der Waals surface area contributed by atoms with Crippen molar-refractivity contribution < 1.29 is 0 Å². The van der Waals surface area contributed by atoms with Crippen molar-refractivity contribution in [3.8, 4) is 0 Å². The molecule has 0 spiro atoms. The minimum Gasteiger partial charge on any atom is -0.0845 e. The second-order valence-corrected chi connectivity index (χ2v) is 3.46. The fraction of sp³-hybridized carbons (Fsp3) is 0.667. The molecule has 0 N–H and O–H groups in total. The Morgan fingerprint density at radius 2 is 1.58 bits per heavy atom. The van der Waals surface area contributed by atoms with Gasteiger partial charge in [0.05, 0.1) is 0 Å². The molecule has 1 aliphatic carbocycles. The molecule has 0 saturated carbocycles. The van der Waals surface area contributed by atoms with Gasteiger partial charge in [-0.3, -0.25) is 0 Å².